The first-order valence-corrected chi connectivity index (χ1v) is 11.6. The van der Waals surface area contributed by atoms with Crippen LogP contribution < -0.4 is 10.0 Å². The molecule has 2 aromatic carbocycles. The number of H-pyrrole nitrogens is 1. The summed E-state index contributed by atoms with van der Waals surface area (Å²) in [5.74, 6) is -0.544. The van der Waals surface area contributed by atoms with E-state index in [0.29, 0.717) is 10.6 Å². The molecule has 8 heteroatoms. The van der Waals surface area contributed by atoms with Crippen LogP contribution in [0.3, 0.4) is 0 Å². The SMILES string of the molecule is C[C@H]1Cc2c([nH]c3ccc(Cl)cc23)[C@H](c2ccc(S(=O)(=O)NC3CC3)cc2F)N1. The summed E-state index contributed by atoms with van der Waals surface area (Å²) in [5, 5.41) is 5.14. The molecule has 1 fully saturated rings. The monoisotopic (exact) mass is 433 g/mol. The van der Waals surface area contributed by atoms with Crippen molar-refractivity contribution in [3.8, 4) is 0 Å². The Bertz CT molecular complexity index is 1220. The Morgan fingerprint density at radius 2 is 1.97 bits per heavy atom. The molecule has 1 aliphatic heterocycles. The van der Waals surface area contributed by atoms with E-state index in [-0.39, 0.29) is 17.0 Å². The van der Waals surface area contributed by atoms with Gasteiger partial charge in [-0.2, -0.15) is 0 Å². The Kier molecular flexibility index (Phi) is 4.47. The average Bonchev–Trinajstić information content (AvgIpc) is 3.40. The number of hydrogen-bond acceptors (Lipinski definition) is 3. The molecule has 1 aromatic heterocycles. The zero-order valence-electron chi connectivity index (χ0n) is 15.8. The number of rotatable bonds is 4. The van der Waals surface area contributed by atoms with Crippen LogP contribution in [0.4, 0.5) is 4.39 Å². The first kappa shape index (κ1) is 19.1. The number of benzene rings is 2. The fourth-order valence-corrected chi connectivity index (χ4v) is 5.57. The zero-order chi connectivity index (χ0) is 20.3. The van der Waals surface area contributed by atoms with Gasteiger partial charge in [0.2, 0.25) is 10.0 Å². The summed E-state index contributed by atoms with van der Waals surface area (Å²) in [6.07, 6.45) is 2.46. The lowest BCUT2D eigenvalue weighted by atomic mass is 9.91. The summed E-state index contributed by atoms with van der Waals surface area (Å²) in [7, 11) is -3.70. The Balaban J connectivity index is 1.57. The van der Waals surface area contributed by atoms with Crippen LogP contribution >= 0.6 is 11.6 Å². The third-order valence-corrected chi connectivity index (χ3v) is 7.40. The van der Waals surface area contributed by atoms with Crippen LogP contribution in [0.25, 0.3) is 10.9 Å². The maximum atomic E-state index is 15.1. The van der Waals surface area contributed by atoms with Gasteiger partial charge in [0.15, 0.2) is 0 Å². The molecule has 0 spiro atoms. The van der Waals surface area contributed by atoms with Gasteiger partial charge in [-0.05, 0) is 62.1 Å². The number of aromatic amines is 1. The summed E-state index contributed by atoms with van der Waals surface area (Å²) >= 11 is 6.18. The predicted molar refractivity (Wildman–Crippen MR) is 111 cm³/mol. The molecule has 1 saturated carbocycles. The van der Waals surface area contributed by atoms with Crippen molar-refractivity contribution in [2.75, 3.05) is 0 Å². The second-order valence-corrected chi connectivity index (χ2v) is 10.1. The fraction of sp³-hybridized carbons (Fsp3) is 0.333. The van der Waals surface area contributed by atoms with E-state index in [1.165, 1.54) is 6.07 Å². The van der Waals surface area contributed by atoms with Crippen molar-refractivity contribution in [1.82, 2.24) is 15.0 Å². The number of fused-ring (bicyclic) bond motifs is 3. The van der Waals surface area contributed by atoms with E-state index in [9.17, 15) is 8.42 Å². The average molecular weight is 434 g/mol. The van der Waals surface area contributed by atoms with Crippen LogP contribution in [0.15, 0.2) is 41.3 Å². The maximum absolute atomic E-state index is 15.1. The minimum atomic E-state index is -3.70. The van der Waals surface area contributed by atoms with Crippen LogP contribution in [-0.2, 0) is 16.4 Å². The lowest BCUT2D eigenvalue weighted by Gasteiger charge is -2.30. The number of aromatic nitrogens is 1. The summed E-state index contributed by atoms with van der Waals surface area (Å²) in [5.41, 5.74) is 3.38. The summed E-state index contributed by atoms with van der Waals surface area (Å²) < 4.78 is 42.5. The molecule has 5 rings (SSSR count). The van der Waals surface area contributed by atoms with Crippen LogP contribution in [-0.4, -0.2) is 25.5 Å². The van der Waals surface area contributed by atoms with E-state index in [0.717, 1.165) is 47.5 Å². The van der Waals surface area contributed by atoms with Crippen molar-refractivity contribution in [2.45, 2.75) is 49.2 Å². The third-order valence-electron chi connectivity index (χ3n) is 5.64. The van der Waals surface area contributed by atoms with Crippen molar-refractivity contribution in [3.63, 3.8) is 0 Å². The highest BCUT2D eigenvalue weighted by Gasteiger charge is 2.32. The standard InChI is InChI=1S/C21H21ClFN3O2S/c1-11-8-17-16-9-12(22)2-7-19(16)25-21(17)20(24-11)15-6-5-14(10-18(15)23)29(27,28)26-13-3-4-13/h2,5-7,9-11,13,20,24-26H,3-4,8H2,1H3/t11-,20-/m0/s1. The van der Waals surface area contributed by atoms with E-state index in [2.05, 4.69) is 21.9 Å². The second-order valence-electron chi connectivity index (χ2n) is 7.99. The highest BCUT2D eigenvalue weighted by atomic mass is 35.5. The molecule has 0 saturated heterocycles. The lowest BCUT2D eigenvalue weighted by molar-refractivity contribution is 0.445. The number of nitrogens with one attached hydrogen (secondary N) is 3. The molecule has 0 bridgehead atoms. The maximum Gasteiger partial charge on any atom is 0.240 e. The molecule has 152 valence electrons. The molecule has 29 heavy (non-hydrogen) atoms. The van der Waals surface area contributed by atoms with Gasteiger partial charge in [0, 0.05) is 39.3 Å². The van der Waals surface area contributed by atoms with Crippen molar-refractivity contribution < 1.29 is 12.8 Å². The van der Waals surface area contributed by atoms with Crippen LogP contribution in [0.5, 0.6) is 0 Å². The molecule has 0 unspecified atom stereocenters. The van der Waals surface area contributed by atoms with E-state index < -0.39 is 21.9 Å². The van der Waals surface area contributed by atoms with Gasteiger partial charge < -0.3 is 10.3 Å². The predicted octanol–water partition coefficient (Wildman–Crippen LogP) is 4.02. The van der Waals surface area contributed by atoms with Gasteiger partial charge in [-0.25, -0.2) is 17.5 Å². The van der Waals surface area contributed by atoms with Gasteiger partial charge in [0.1, 0.15) is 5.82 Å². The van der Waals surface area contributed by atoms with Crippen molar-refractivity contribution in [1.29, 1.82) is 0 Å². The fourth-order valence-electron chi connectivity index (χ4n) is 4.08. The third kappa shape index (κ3) is 3.46. The van der Waals surface area contributed by atoms with Crippen LogP contribution in [0.2, 0.25) is 5.02 Å². The van der Waals surface area contributed by atoms with Gasteiger partial charge in [-0.3, -0.25) is 0 Å². The van der Waals surface area contributed by atoms with E-state index in [1.54, 1.807) is 6.07 Å². The lowest BCUT2D eigenvalue weighted by Crippen LogP contribution is -2.38. The number of sulfonamides is 1. The highest BCUT2D eigenvalue weighted by molar-refractivity contribution is 7.89. The molecule has 1 aliphatic carbocycles. The van der Waals surface area contributed by atoms with Crippen molar-refractivity contribution in [3.05, 3.63) is 64.1 Å². The van der Waals surface area contributed by atoms with Gasteiger partial charge >= 0.3 is 0 Å². The summed E-state index contributed by atoms with van der Waals surface area (Å²) in [4.78, 5) is 3.36. The minimum Gasteiger partial charge on any atom is -0.357 e. The summed E-state index contributed by atoms with van der Waals surface area (Å²) in [6, 6.07) is 9.54. The van der Waals surface area contributed by atoms with Gasteiger partial charge in [-0.1, -0.05) is 17.7 Å². The number of hydrogen-bond donors (Lipinski definition) is 3. The first-order valence-electron chi connectivity index (χ1n) is 9.69. The Morgan fingerprint density at radius 1 is 1.17 bits per heavy atom. The second kappa shape index (κ2) is 6.80. The highest BCUT2D eigenvalue weighted by Crippen LogP contribution is 2.37. The smallest absolute Gasteiger partial charge is 0.240 e. The molecule has 0 radical (unpaired) electrons. The Labute approximate surface area is 173 Å². The van der Waals surface area contributed by atoms with Gasteiger partial charge in [0.05, 0.1) is 10.9 Å². The molecule has 3 N–H and O–H groups in total. The normalized spacial score (nSPS) is 22.0. The molecule has 5 nitrogen and oxygen atoms in total. The largest absolute Gasteiger partial charge is 0.357 e. The van der Waals surface area contributed by atoms with Crippen molar-refractivity contribution in [2.24, 2.45) is 0 Å². The number of halogens is 2. The summed E-state index contributed by atoms with van der Waals surface area (Å²) in [6.45, 7) is 2.05. The van der Waals surface area contributed by atoms with E-state index in [4.69, 9.17) is 11.6 Å². The molecule has 3 aromatic rings. The molecule has 0 amide bonds. The molecule has 2 aliphatic rings. The quantitative estimate of drug-likeness (QED) is 0.581. The Hall–Kier alpha value is -1.93. The van der Waals surface area contributed by atoms with E-state index >= 15 is 4.39 Å². The van der Waals surface area contributed by atoms with Gasteiger partial charge in [-0.15, -0.1) is 0 Å². The van der Waals surface area contributed by atoms with E-state index in [1.807, 2.05) is 18.2 Å². The molecular weight excluding hydrogens is 413 g/mol. The van der Waals surface area contributed by atoms with Crippen LogP contribution in [0.1, 0.15) is 42.6 Å². The zero-order valence-corrected chi connectivity index (χ0v) is 17.4. The van der Waals surface area contributed by atoms with Crippen molar-refractivity contribution >= 4 is 32.5 Å². The van der Waals surface area contributed by atoms with Crippen LogP contribution in [0, 0.1) is 5.82 Å². The molecular formula is C21H21ClFN3O2S. The minimum absolute atomic E-state index is 0.0238. The molecule has 2 atom stereocenters. The van der Waals surface area contributed by atoms with Gasteiger partial charge in [0.25, 0.3) is 0 Å². The topological polar surface area (TPSA) is 74.0 Å². The molecule has 2 heterocycles. The first-order chi connectivity index (χ1) is 13.8. The Morgan fingerprint density at radius 3 is 2.69 bits per heavy atom.